The molecule has 1 unspecified atom stereocenters. The second-order valence-corrected chi connectivity index (χ2v) is 7.11. The van der Waals surface area contributed by atoms with Gasteiger partial charge >= 0.3 is 0 Å². The maximum absolute atomic E-state index is 9.85. The van der Waals surface area contributed by atoms with E-state index < -0.39 is 0 Å². The number of rotatable bonds is 4. The van der Waals surface area contributed by atoms with Crippen LogP contribution in [0, 0.1) is 0 Å². The van der Waals surface area contributed by atoms with E-state index in [1.165, 1.54) is 29.7 Å². The zero-order chi connectivity index (χ0) is 14.8. The lowest BCUT2D eigenvalue weighted by Crippen LogP contribution is -2.23. The standard InChI is InChI=1S/C16H18BrNO2S/c1-20-14-8-10(7-12(17)16(14)19)9-18-13-3-2-4-15-11(13)5-6-21-15/h5-8,13,18-19H,2-4,9H2,1H3. The largest absolute Gasteiger partial charge is 0.503 e. The molecular weight excluding hydrogens is 350 g/mol. The smallest absolute Gasteiger partial charge is 0.172 e. The predicted molar refractivity (Wildman–Crippen MR) is 89.2 cm³/mol. The number of fused-ring (bicyclic) bond motifs is 1. The number of benzene rings is 1. The van der Waals surface area contributed by atoms with Gasteiger partial charge in [0.25, 0.3) is 0 Å². The first-order chi connectivity index (χ1) is 10.2. The number of phenolic OH excluding ortho intramolecular Hbond substituents is 1. The molecule has 3 nitrogen and oxygen atoms in total. The van der Waals surface area contributed by atoms with Crippen LogP contribution in [0.15, 0.2) is 28.1 Å². The minimum atomic E-state index is 0.152. The summed E-state index contributed by atoms with van der Waals surface area (Å²) in [5.41, 5.74) is 2.55. The van der Waals surface area contributed by atoms with Crippen molar-refractivity contribution in [3.05, 3.63) is 44.1 Å². The van der Waals surface area contributed by atoms with E-state index in [0.717, 1.165) is 12.1 Å². The molecule has 21 heavy (non-hydrogen) atoms. The van der Waals surface area contributed by atoms with Crippen LogP contribution >= 0.6 is 27.3 Å². The first kappa shape index (κ1) is 14.9. The molecule has 0 fully saturated rings. The molecule has 2 aromatic rings. The third kappa shape index (κ3) is 3.10. The van der Waals surface area contributed by atoms with Crippen molar-refractivity contribution in [3.8, 4) is 11.5 Å². The topological polar surface area (TPSA) is 41.5 Å². The van der Waals surface area contributed by atoms with Crippen molar-refractivity contribution in [1.82, 2.24) is 5.32 Å². The van der Waals surface area contributed by atoms with Gasteiger partial charge in [-0.15, -0.1) is 11.3 Å². The normalized spacial score (nSPS) is 17.5. The summed E-state index contributed by atoms with van der Waals surface area (Å²) in [5, 5.41) is 15.7. The summed E-state index contributed by atoms with van der Waals surface area (Å²) < 4.78 is 5.86. The van der Waals surface area contributed by atoms with Crippen LogP contribution in [0.4, 0.5) is 0 Å². The van der Waals surface area contributed by atoms with Crippen LogP contribution in [0.3, 0.4) is 0 Å². The lowest BCUT2D eigenvalue weighted by Gasteiger charge is -2.24. The van der Waals surface area contributed by atoms with E-state index in [0.29, 0.717) is 16.3 Å². The summed E-state index contributed by atoms with van der Waals surface area (Å²) in [6.07, 6.45) is 3.64. The van der Waals surface area contributed by atoms with E-state index in [1.54, 1.807) is 7.11 Å². The summed E-state index contributed by atoms with van der Waals surface area (Å²) in [5.74, 6) is 0.653. The van der Waals surface area contributed by atoms with Crippen LogP contribution in [0.5, 0.6) is 11.5 Å². The van der Waals surface area contributed by atoms with Crippen molar-refractivity contribution in [2.45, 2.75) is 31.8 Å². The van der Waals surface area contributed by atoms with E-state index >= 15 is 0 Å². The fourth-order valence-electron chi connectivity index (χ4n) is 2.82. The molecule has 0 radical (unpaired) electrons. The number of hydrogen-bond donors (Lipinski definition) is 2. The first-order valence-corrected chi connectivity index (χ1v) is 8.71. The van der Waals surface area contributed by atoms with E-state index in [2.05, 4.69) is 32.7 Å². The number of phenols is 1. The highest BCUT2D eigenvalue weighted by molar-refractivity contribution is 9.10. The molecule has 1 heterocycles. The van der Waals surface area contributed by atoms with Crippen molar-refractivity contribution >= 4 is 27.3 Å². The molecule has 0 spiro atoms. The number of hydrogen-bond acceptors (Lipinski definition) is 4. The molecule has 1 aromatic heterocycles. The van der Waals surface area contributed by atoms with Crippen LogP contribution in [-0.4, -0.2) is 12.2 Å². The van der Waals surface area contributed by atoms with Gasteiger partial charge in [-0.25, -0.2) is 0 Å². The van der Waals surface area contributed by atoms with E-state index in [-0.39, 0.29) is 5.75 Å². The van der Waals surface area contributed by atoms with Crippen LogP contribution in [0.2, 0.25) is 0 Å². The van der Waals surface area contributed by atoms with Gasteiger partial charge < -0.3 is 15.2 Å². The Bertz CT molecular complexity index is 641. The highest BCUT2D eigenvalue weighted by Crippen LogP contribution is 2.36. The Labute approximate surface area is 137 Å². The maximum Gasteiger partial charge on any atom is 0.172 e. The second-order valence-electron chi connectivity index (χ2n) is 5.25. The highest BCUT2D eigenvalue weighted by Gasteiger charge is 2.20. The van der Waals surface area contributed by atoms with Gasteiger partial charge in [0.1, 0.15) is 0 Å². The Morgan fingerprint density at radius 1 is 1.48 bits per heavy atom. The number of halogens is 1. The van der Waals surface area contributed by atoms with Gasteiger partial charge in [0.05, 0.1) is 11.6 Å². The molecule has 0 saturated carbocycles. The van der Waals surface area contributed by atoms with Gasteiger partial charge in [-0.1, -0.05) is 0 Å². The number of methoxy groups -OCH3 is 1. The first-order valence-electron chi connectivity index (χ1n) is 7.04. The Kier molecular flexibility index (Phi) is 4.52. The summed E-state index contributed by atoms with van der Waals surface area (Å²) in [7, 11) is 1.57. The third-order valence-electron chi connectivity index (χ3n) is 3.91. The molecule has 1 aromatic carbocycles. The van der Waals surface area contributed by atoms with Crippen LogP contribution in [-0.2, 0) is 13.0 Å². The fourth-order valence-corrected chi connectivity index (χ4v) is 4.30. The average Bonchev–Trinajstić information content (AvgIpc) is 2.97. The lowest BCUT2D eigenvalue weighted by atomic mass is 9.94. The van der Waals surface area contributed by atoms with Crippen molar-refractivity contribution in [1.29, 1.82) is 0 Å². The van der Waals surface area contributed by atoms with Gasteiger partial charge in [-0.05, 0) is 69.9 Å². The van der Waals surface area contributed by atoms with Gasteiger partial charge in [0.15, 0.2) is 11.5 Å². The molecule has 0 saturated heterocycles. The molecule has 1 aliphatic carbocycles. The Hall–Kier alpha value is -1.04. The molecule has 3 rings (SSSR count). The Morgan fingerprint density at radius 3 is 3.14 bits per heavy atom. The quantitative estimate of drug-likeness (QED) is 0.841. The number of nitrogens with one attached hydrogen (secondary N) is 1. The third-order valence-corrected chi connectivity index (χ3v) is 5.51. The summed E-state index contributed by atoms with van der Waals surface area (Å²) in [6.45, 7) is 0.759. The van der Waals surface area contributed by atoms with Crippen molar-refractivity contribution < 1.29 is 9.84 Å². The summed E-state index contributed by atoms with van der Waals surface area (Å²) >= 11 is 5.23. The minimum Gasteiger partial charge on any atom is -0.503 e. The number of ether oxygens (including phenoxy) is 1. The van der Waals surface area contributed by atoms with Gasteiger partial charge in [-0.3, -0.25) is 0 Å². The number of thiophene rings is 1. The molecule has 0 bridgehead atoms. The van der Waals surface area contributed by atoms with Crippen molar-refractivity contribution in [2.24, 2.45) is 0 Å². The second kappa shape index (κ2) is 6.38. The highest BCUT2D eigenvalue weighted by atomic mass is 79.9. The van der Waals surface area contributed by atoms with Crippen molar-refractivity contribution in [3.63, 3.8) is 0 Å². The van der Waals surface area contributed by atoms with Crippen molar-refractivity contribution in [2.75, 3.05) is 7.11 Å². The van der Waals surface area contributed by atoms with Crippen LogP contribution in [0.25, 0.3) is 0 Å². The molecule has 2 N–H and O–H groups in total. The molecular formula is C16H18BrNO2S. The number of aryl methyl sites for hydroxylation is 1. The zero-order valence-corrected chi connectivity index (χ0v) is 14.3. The molecule has 0 aliphatic heterocycles. The molecule has 1 aliphatic rings. The molecule has 0 amide bonds. The Morgan fingerprint density at radius 2 is 2.33 bits per heavy atom. The van der Waals surface area contributed by atoms with E-state index in [9.17, 15) is 5.11 Å². The average molecular weight is 368 g/mol. The van der Waals surface area contributed by atoms with Gasteiger partial charge in [0.2, 0.25) is 0 Å². The van der Waals surface area contributed by atoms with Gasteiger partial charge in [-0.2, -0.15) is 0 Å². The molecule has 5 heteroatoms. The summed E-state index contributed by atoms with van der Waals surface area (Å²) in [6, 6.07) is 6.48. The fraction of sp³-hybridized carbons (Fsp3) is 0.375. The van der Waals surface area contributed by atoms with E-state index in [4.69, 9.17) is 4.74 Å². The minimum absolute atomic E-state index is 0.152. The predicted octanol–water partition coefficient (Wildman–Crippen LogP) is 4.39. The van der Waals surface area contributed by atoms with Gasteiger partial charge in [0, 0.05) is 17.5 Å². The maximum atomic E-state index is 9.85. The Balaban J connectivity index is 1.73. The van der Waals surface area contributed by atoms with E-state index in [1.807, 2.05) is 23.5 Å². The van der Waals surface area contributed by atoms with Crippen LogP contribution in [0.1, 0.15) is 34.9 Å². The molecule has 1 atom stereocenters. The summed E-state index contributed by atoms with van der Waals surface area (Å²) in [4.78, 5) is 1.52. The molecule has 112 valence electrons. The monoisotopic (exact) mass is 367 g/mol. The lowest BCUT2D eigenvalue weighted by molar-refractivity contribution is 0.370. The SMILES string of the molecule is COc1cc(CNC2CCCc3sccc32)cc(Br)c1O. The van der Waals surface area contributed by atoms with Crippen LogP contribution < -0.4 is 10.1 Å². The number of aromatic hydroxyl groups is 1. The zero-order valence-electron chi connectivity index (χ0n) is 11.9.